The topological polar surface area (TPSA) is 92.2 Å². The Labute approximate surface area is 103 Å². The number of nitrogens with one attached hydrogen (secondary N) is 1. The van der Waals surface area contributed by atoms with Crippen LogP contribution in [0.15, 0.2) is 0 Å². The maximum Gasteiger partial charge on any atom is 0.303 e. The van der Waals surface area contributed by atoms with Gasteiger partial charge in [0.1, 0.15) is 5.01 Å². The number of amides is 1. The Balaban J connectivity index is 2.45. The average Bonchev–Trinajstić information content (AvgIpc) is 2.61. The number of aryl methyl sites for hydroxylation is 1. The van der Waals surface area contributed by atoms with E-state index in [0.717, 1.165) is 0 Å². The molecule has 0 aliphatic heterocycles. The van der Waals surface area contributed by atoms with Gasteiger partial charge in [-0.3, -0.25) is 9.59 Å². The molecule has 0 unspecified atom stereocenters. The minimum atomic E-state index is -0.870. The van der Waals surface area contributed by atoms with E-state index in [1.807, 2.05) is 13.8 Å². The third-order valence-electron chi connectivity index (χ3n) is 1.86. The van der Waals surface area contributed by atoms with Gasteiger partial charge >= 0.3 is 5.97 Å². The number of carboxylic acid groups (broad SMARTS) is 1. The first-order valence-electron chi connectivity index (χ1n) is 5.31. The fourth-order valence-corrected chi connectivity index (χ4v) is 1.92. The summed E-state index contributed by atoms with van der Waals surface area (Å²) in [7, 11) is 0. The maximum atomic E-state index is 11.4. The highest BCUT2D eigenvalue weighted by Crippen LogP contribution is 2.17. The van der Waals surface area contributed by atoms with E-state index >= 15 is 0 Å². The summed E-state index contributed by atoms with van der Waals surface area (Å²) in [6.07, 6.45) is 0.797. The fraction of sp³-hybridized carbons (Fsp3) is 0.600. The number of hydrogen-bond acceptors (Lipinski definition) is 5. The van der Waals surface area contributed by atoms with Crippen LogP contribution in [0.4, 0.5) is 5.13 Å². The summed E-state index contributed by atoms with van der Waals surface area (Å²) in [5.74, 6) is -0.680. The Morgan fingerprint density at radius 3 is 2.71 bits per heavy atom. The Morgan fingerprint density at radius 1 is 1.41 bits per heavy atom. The molecule has 6 nitrogen and oxygen atoms in total. The van der Waals surface area contributed by atoms with Gasteiger partial charge in [-0.05, 0) is 5.92 Å². The molecule has 0 aliphatic carbocycles. The van der Waals surface area contributed by atoms with E-state index in [1.54, 1.807) is 0 Å². The predicted molar refractivity (Wildman–Crippen MR) is 64.0 cm³/mol. The van der Waals surface area contributed by atoms with E-state index in [-0.39, 0.29) is 18.2 Å². The van der Waals surface area contributed by atoms with Crippen molar-refractivity contribution in [2.75, 3.05) is 5.32 Å². The summed E-state index contributed by atoms with van der Waals surface area (Å²) in [5.41, 5.74) is 0. The molecule has 17 heavy (non-hydrogen) atoms. The van der Waals surface area contributed by atoms with Gasteiger partial charge in [0.2, 0.25) is 11.0 Å². The highest BCUT2D eigenvalue weighted by molar-refractivity contribution is 7.15. The van der Waals surface area contributed by atoms with Gasteiger partial charge in [0.25, 0.3) is 0 Å². The smallest absolute Gasteiger partial charge is 0.303 e. The monoisotopic (exact) mass is 257 g/mol. The van der Waals surface area contributed by atoms with Gasteiger partial charge in [0.15, 0.2) is 0 Å². The second-order valence-corrected chi connectivity index (χ2v) is 5.10. The molecular formula is C10H15N3O3S. The number of carbonyl (C=O) groups excluding carboxylic acids is 1. The van der Waals surface area contributed by atoms with Crippen LogP contribution >= 0.6 is 11.3 Å². The largest absolute Gasteiger partial charge is 0.481 e. The summed E-state index contributed by atoms with van der Waals surface area (Å²) >= 11 is 1.21. The first-order valence-corrected chi connectivity index (χ1v) is 6.13. The molecule has 0 saturated heterocycles. The summed E-state index contributed by atoms with van der Waals surface area (Å²) in [6, 6.07) is 0. The zero-order chi connectivity index (χ0) is 12.8. The van der Waals surface area contributed by atoms with Crippen LogP contribution in [0.25, 0.3) is 0 Å². The molecule has 1 rings (SSSR count). The van der Waals surface area contributed by atoms with E-state index in [0.29, 0.717) is 23.0 Å². The van der Waals surface area contributed by atoms with Crippen molar-refractivity contribution in [3.05, 3.63) is 5.01 Å². The van der Waals surface area contributed by atoms with Gasteiger partial charge in [-0.25, -0.2) is 0 Å². The molecular weight excluding hydrogens is 242 g/mol. The number of carboxylic acids is 1. The Bertz CT molecular complexity index is 403. The lowest BCUT2D eigenvalue weighted by Crippen LogP contribution is -2.13. The van der Waals surface area contributed by atoms with Crippen LogP contribution in [0.5, 0.6) is 0 Å². The van der Waals surface area contributed by atoms with Crippen molar-refractivity contribution in [3.63, 3.8) is 0 Å². The van der Waals surface area contributed by atoms with Crippen molar-refractivity contribution in [2.24, 2.45) is 5.92 Å². The molecule has 0 radical (unpaired) electrons. The molecule has 0 aliphatic rings. The Hall–Kier alpha value is -1.50. The van der Waals surface area contributed by atoms with Crippen LogP contribution < -0.4 is 5.32 Å². The zero-order valence-electron chi connectivity index (χ0n) is 9.77. The first kappa shape index (κ1) is 13.6. The number of aliphatic carboxylic acids is 1. The van der Waals surface area contributed by atoms with Crippen molar-refractivity contribution >= 4 is 28.3 Å². The summed E-state index contributed by atoms with van der Waals surface area (Å²) in [4.78, 5) is 21.8. The van der Waals surface area contributed by atoms with E-state index < -0.39 is 5.97 Å². The van der Waals surface area contributed by atoms with Crippen molar-refractivity contribution in [1.82, 2.24) is 10.2 Å². The lowest BCUT2D eigenvalue weighted by molar-refractivity contribution is -0.137. The van der Waals surface area contributed by atoms with E-state index in [4.69, 9.17) is 5.11 Å². The van der Waals surface area contributed by atoms with E-state index in [2.05, 4.69) is 15.5 Å². The highest BCUT2D eigenvalue weighted by atomic mass is 32.1. The molecule has 1 aromatic heterocycles. The number of carbonyl (C=O) groups is 2. The number of nitrogens with zero attached hydrogens (tertiary/aromatic N) is 2. The molecule has 0 atom stereocenters. The molecule has 0 aromatic carbocycles. The SMILES string of the molecule is CC(C)CC(=O)Nc1nnc(CCC(=O)O)s1. The van der Waals surface area contributed by atoms with Crippen molar-refractivity contribution in [1.29, 1.82) is 0 Å². The molecule has 0 bridgehead atoms. The number of rotatable bonds is 6. The molecule has 2 N–H and O–H groups in total. The summed E-state index contributed by atoms with van der Waals surface area (Å²) in [5, 5.41) is 19.8. The third-order valence-corrected chi connectivity index (χ3v) is 2.76. The first-order chi connectivity index (χ1) is 7.97. The minimum absolute atomic E-state index is 0.0224. The number of anilines is 1. The van der Waals surface area contributed by atoms with Crippen LogP contribution in [0, 0.1) is 5.92 Å². The molecule has 1 amide bonds. The van der Waals surface area contributed by atoms with Crippen LogP contribution in [0.3, 0.4) is 0 Å². The quantitative estimate of drug-likeness (QED) is 0.806. The molecule has 1 heterocycles. The van der Waals surface area contributed by atoms with Crippen molar-refractivity contribution < 1.29 is 14.7 Å². The van der Waals surface area contributed by atoms with Gasteiger partial charge in [0, 0.05) is 12.8 Å². The normalized spacial score (nSPS) is 10.5. The second-order valence-electron chi connectivity index (χ2n) is 4.04. The lowest BCUT2D eigenvalue weighted by atomic mass is 10.1. The molecule has 0 spiro atoms. The minimum Gasteiger partial charge on any atom is -0.481 e. The van der Waals surface area contributed by atoms with Crippen LogP contribution in [-0.4, -0.2) is 27.2 Å². The van der Waals surface area contributed by atoms with Gasteiger partial charge in [0.05, 0.1) is 6.42 Å². The Kier molecular flexibility index (Phi) is 5.02. The fourth-order valence-electron chi connectivity index (χ4n) is 1.16. The standard InChI is InChI=1S/C10H15N3O3S/c1-6(2)5-7(14)11-10-13-12-8(17-10)3-4-9(15)16/h6H,3-5H2,1-2H3,(H,15,16)(H,11,13,14). The van der Waals surface area contributed by atoms with Gasteiger partial charge in [-0.1, -0.05) is 25.2 Å². The van der Waals surface area contributed by atoms with E-state index in [9.17, 15) is 9.59 Å². The van der Waals surface area contributed by atoms with E-state index in [1.165, 1.54) is 11.3 Å². The Morgan fingerprint density at radius 2 is 2.12 bits per heavy atom. The molecule has 1 aromatic rings. The van der Waals surface area contributed by atoms with Crippen molar-refractivity contribution in [2.45, 2.75) is 33.1 Å². The molecule has 0 fully saturated rings. The number of aromatic nitrogens is 2. The van der Waals surface area contributed by atoms with Gasteiger partial charge in [-0.15, -0.1) is 10.2 Å². The second kappa shape index (κ2) is 6.29. The number of hydrogen-bond donors (Lipinski definition) is 2. The summed E-state index contributed by atoms with van der Waals surface area (Å²) in [6.45, 7) is 3.91. The van der Waals surface area contributed by atoms with Crippen LogP contribution in [0.1, 0.15) is 31.7 Å². The van der Waals surface area contributed by atoms with Crippen LogP contribution in [-0.2, 0) is 16.0 Å². The average molecular weight is 257 g/mol. The highest BCUT2D eigenvalue weighted by Gasteiger charge is 2.10. The van der Waals surface area contributed by atoms with Gasteiger partial charge in [-0.2, -0.15) is 0 Å². The zero-order valence-corrected chi connectivity index (χ0v) is 10.6. The van der Waals surface area contributed by atoms with Crippen molar-refractivity contribution in [3.8, 4) is 0 Å². The lowest BCUT2D eigenvalue weighted by Gasteiger charge is -2.02. The van der Waals surface area contributed by atoms with Gasteiger partial charge < -0.3 is 10.4 Å². The maximum absolute atomic E-state index is 11.4. The van der Waals surface area contributed by atoms with Crippen LogP contribution in [0.2, 0.25) is 0 Å². The summed E-state index contributed by atoms with van der Waals surface area (Å²) < 4.78 is 0. The molecule has 7 heteroatoms. The predicted octanol–water partition coefficient (Wildman–Crippen LogP) is 1.54. The molecule has 0 saturated carbocycles. The molecule has 94 valence electrons. The third kappa shape index (κ3) is 5.39.